The van der Waals surface area contributed by atoms with Crippen LogP contribution in [0.5, 0.6) is 5.75 Å². The zero-order chi connectivity index (χ0) is 30.8. The molecule has 2 amide bonds. The monoisotopic (exact) mass is 599 g/mol. The molecule has 4 aromatic rings. The SMILES string of the molecule is CCNC(=O)C(Cc1ccccc1)N(Cc1ccc(C)cc1)C(=O)CN(c1cccc(OC)c1)S(=O)(=O)c1ccccc1. The predicted molar refractivity (Wildman–Crippen MR) is 168 cm³/mol. The summed E-state index contributed by atoms with van der Waals surface area (Å²) in [4.78, 5) is 29.4. The van der Waals surface area contributed by atoms with Gasteiger partial charge in [0.05, 0.1) is 17.7 Å². The van der Waals surface area contributed by atoms with Gasteiger partial charge in [0.15, 0.2) is 0 Å². The summed E-state index contributed by atoms with van der Waals surface area (Å²) in [5.74, 6) is -0.389. The third-order valence-electron chi connectivity index (χ3n) is 7.05. The van der Waals surface area contributed by atoms with Gasteiger partial charge in [0.2, 0.25) is 11.8 Å². The highest BCUT2D eigenvalue weighted by atomic mass is 32.2. The fourth-order valence-electron chi connectivity index (χ4n) is 4.75. The predicted octanol–water partition coefficient (Wildman–Crippen LogP) is 4.98. The van der Waals surface area contributed by atoms with Crippen molar-refractivity contribution in [3.63, 3.8) is 0 Å². The molecular formula is C34H37N3O5S. The molecule has 9 heteroatoms. The highest BCUT2D eigenvalue weighted by Crippen LogP contribution is 2.28. The van der Waals surface area contributed by atoms with Crippen LogP contribution in [-0.2, 0) is 32.6 Å². The molecule has 0 saturated heterocycles. The zero-order valence-electron chi connectivity index (χ0n) is 24.6. The van der Waals surface area contributed by atoms with E-state index in [9.17, 15) is 18.0 Å². The summed E-state index contributed by atoms with van der Waals surface area (Å²) in [6.07, 6.45) is 0.259. The Hall–Kier alpha value is -4.63. The van der Waals surface area contributed by atoms with Crippen molar-refractivity contribution < 1.29 is 22.7 Å². The first-order valence-corrected chi connectivity index (χ1v) is 15.6. The molecule has 0 spiro atoms. The molecule has 43 heavy (non-hydrogen) atoms. The minimum absolute atomic E-state index is 0.0419. The van der Waals surface area contributed by atoms with Crippen LogP contribution in [0, 0.1) is 6.92 Å². The molecule has 4 aromatic carbocycles. The minimum atomic E-state index is -4.17. The molecule has 0 saturated carbocycles. The van der Waals surface area contributed by atoms with Gasteiger partial charge in [-0.2, -0.15) is 0 Å². The van der Waals surface area contributed by atoms with Crippen LogP contribution in [0.3, 0.4) is 0 Å². The lowest BCUT2D eigenvalue weighted by atomic mass is 10.0. The molecule has 1 N–H and O–H groups in total. The lowest BCUT2D eigenvalue weighted by Gasteiger charge is -2.34. The molecule has 1 unspecified atom stereocenters. The molecule has 0 aliphatic heterocycles. The van der Waals surface area contributed by atoms with E-state index in [-0.39, 0.29) is 29.5 Å². The van der Waals surface area contributed by atoms with E-state index in [0.717, 1.165) is 21.0 Å². The minimum Gasteiger partial charge on any atom is -0.497 e. The Morgan fingerprint density at radius 3 is 2.12 bits per heavy atom. The number of anilines is 1. The molecule has 0 aromatic heterocycles. The number of sulfonamides is 1. The van der Waals surface area contributed by atoms with Crippen LogP contribution >= 0.6 is 0 Å². The number of methoxy groups -OCH3 is 1. The van der Waals surface area contributed by atoms with Gasteiger partial charge < -0.3 is 15.0 Å². The third kappa shape index (κ3) is 8.02. The Bertz CT molecular complexity index is 1610. The molecule has 0 fully saturated rings. The maximum absolute atomic E-state index is 14.4. The number of nitrogens with one attached hydrogen (secondary N) is 1. The molecule has 0 aliphatic carbocycles. The highest BCUT2D eigenvalue weighted by Gasteiger charge is 2.34. The fraction of sp³-hybridized carbons (Fsp3) is 0.235. The van der Waals surface area contributed by atoms with Crippen molar-refractivity contribution >= 4 is 27.5 Å². The molecule has 4 rings (SSSR count). The van der Waals surface area contributed by atoms with Crippen LogP contribution in [0.4, 0.5) is 5.69 Å². The summed E-state index contributed by atoms with van der Waals surface area (Å²) in [6, 6.07) is 30.8. The van der Waals surface area contributed by atoms with E-state index < -0.39 is 28.5 Å². The first-order valence-electron chi connectivity index (χ1n) is 14.1. The van der Waals surface area contributed by atoms with Gasteiger partial charge in [0.25, 0.3) is 10.0 Å². The number of carbonyl (C=O) groups excluding carboxylic acids is 2. The number of amides is 2. The Kier molecular flexibility index (Phi) is 10.6. The maximum Gasteiger partial charge on any atom is 0.264 e. The van der Waals surface area contributed by atoms with E-state index in [4.69, 9.17) is 4.74 Å². The number of rotatable bonds is 13. The van der Waals surface area contributed by atoms with E-state index >= 15 is 0 Å². The molecule has 0 radical (unpaired) electrons. The van der Waals surface area contributed by atoms with E-state index in [1.807, 2.05) is 68.4 Å². The van der Waals surface area contributed by atoms with Crippen molar-refractivity contribution in [3.05, 3.63) is 126 Å². The number of carbonyl (C=O) groups is 2. The van der Waals surface area contributed by atoms with Crippen LogP contribution in [0.1, 0.15) is 23.6 Å². The van der Waals surface area contributed by atoms with Gasteiger partial charge in [-0.05, 0) is 49.2 Å². The first-order chi connectivity index (χ1) is 20.7. The normalized spacial score (nSPS) is 11.8. The standard InChI is InChI=1S/C34H37N3O5S/c1-4-35-34(39)32(22-27-12-7-5-8-13-27)36(24-28-20-18-26(2)19-21-28)33(38)25-37(29-14-11-15-30(23-29)42-3)43(40,41)31-16-9-6-10-17-31/h5-21,23,32H,4,22,24-25H2,1-3H3,(H,35,39). The maximum atomic E-state index is 14.4. The molecule has 0 bridgehead atoms. The third-order valence-corrected chi connectivity index (χ3v) is 8.84. The first kappa shape index (κ1) is 31.3. The van der Waals surface area contributed by atoms with E-state index in [0.29, 0.717) is 12.3 Å². The van der Waals surface area contributed by atoms with Crippen molar-refractivity contribution in [2.45, 2.75) is 37.8 Å². The second kappa shape index (κ2) is 14.5. The fourth-order valence-corrected chi connectivity index (χ4v) is 6.18. The Morgan fingerprint density at radius 1 is 0.837 bits per heavy atom. The summed E-state index contributed by atoms with van der Waals surface area (Å²) in [6.45, 7) is 3.77. The van der Waals surface area contributed by atoms with E-state index in [2.05, 4.69) is 5.32 Å². The summed E-state index contributed by atoms with van der Waals surface area (Å²) < 4.78 is 34.5. The van der Waals surface area contributed by atoms with Crippen molar-refractivity contribution in [1.29, 1.82) is 0 Å². The number of ether oxygens (including phenoxy) is 1. The Balaban J connectivity index is 1.79. The van der Waals surface area contributed by atoms with Gasteiger partial charge in [0.1, 0.15) is 18.3 Å². The van der Waals surface area contributed by atoms with E-state index in [1.54, 1.807) is 42.5 Å². The van der Waals surface area contributed by atoms with Gasteiger partial charge in [0, 0.05) is 25.6 Å². The number of benzene rings is 4. The van der Waals surface area contributed by atoms with Crippen LogP contribution in [0.25, 0.3) is 0 Å². The highest BCUT2D eigenvalue weighted by molar-refractivity contribution is 7.92. The summed E-state index contributed by atoms with van der Waals surface area (Å²) in [7, 11) is -2.68. The van der Waals surface area contributed by atoms with Crippen LogP contribution in [0.15, 0.2) is 114 Å². The molecule has 0 aliphatic rings. The van der Waals surface area contributed by atoms with Crippen LogP contribution in [0.2, 0.25) is 0 Å². The lowest BCUT2D eigenvalue weighted by molar-refractivity contribution is -0.140. The topological polar surface area (TPSA) is 96.0 Å². The van der Waals surface area contributed by atoms with Gasteiger partial charge in [-0.25, -0.2) is 8.42 Å². The Labute approximate surface area is 254 Å². The second-order valence-corrected chi connectivity index (χ2v) is 12.0. The summed E-state index contributed by atoms with van der Waals surface area (Å²) >= 11 is 0. The number of likely N-dealkylation sites (N-methyl/N-ethyl adjacent to an activating group) is 1. The summed E-state index contributed by atoms with van der Waals surface area (Å²) in [5.41, 5.74) is 3.02. The number of aryl methyl sites for hydroxylation is 1. The van der Waals surface area contributed by atoms with Crippen LogP contribution in [-0.4, -0.2) is 51.4 Å². The summed E-state index contributed by atoms with van der Waals surface area (Å²) in [5, 5.41) is 2.87. The second-order valence-electron chi connectivity index (χ2n) is 10.1. The van der Waals surface area contributed by atoms with Gasteiger partial charge in [-0.15, -0.1) is 0 Å². The van der Waals surface area contributed by atoms with Gasteiger partial charge >= 0.3 is 0 Å². The lowest BCUT2D eigenvalue weighted by Crippen LogP contribution is -2.53. The van der Waals surface area contributed by atoms with Crippen molar-refractivity contribution in [2.24, 2.45) is 0 Å². The zero-order valence-corrected chi connectivity index (χ0v) is 25.5. The molecule has 224 valence electrons. The number of nitrogens with zero attached hydrogens (tertiary/aromatic N) is 2. The Morgan fingerprint density at radius 2 is 1.49 bits per heavy atom. The van der Waals surface area contributed by atoms with Crippen molar-refractivity contribution in [1.82, 2.24) is 10.2 Å². The van der Waals surface area contributed by atoms with E-state index in [1.165, 1.54) is 24.1 Å². The molecule has 1 atom stereocenters. The molecular weight excluding hydrogens is 562 g/mol. The van der Waals surface area contributed by atoms with Gasteiger partial charge in [-0.1, -0.05) is 84.4 Å². The van der Waals surface area contributed by atoms with Crippen molar-refractivity contribution in [2.75, 3.05) is 24.5 Å². The average molecular weight is 600 g/mol. The number of hydrogen-bond donors (Lipinski definition) is 1. The quantitative estimate of drug-likeness (QED) is 0.234. The molecule has 8 nitrogen and oxygen atoms in total. The number of hydrogen-bond acceptors (Lipinski definition) is 5. The van der Waals surface area contributed by atoms with Crippen molar-refractivity contribution in [3.8, 4) is 5.75 Å². The smallest absolute Gasteiger partial charge is 0.264 e. The van der Waals surface area contributed by atoms with Gasteiger partial charge in [-0.3, -0.25) is 13.9 Å². The average Bonchev–Trinajstić information content (AvgIpc) is 3.03. The van der Waals surface area contributed by atoms with Crippen LogP contribution < -0.4 is 14.4 Å². The molecule has 0 heterocycles. The largest absolute Gasteiger partial charge is 0.497 e.